The van der Waals surface area contributed by atoms with Gasteiger partial charge in [-0.2, -0.15) is 0 Å². The van der Waals surface area contributed by atoms with E-state index in [2.05, 4.69) is 15.5 Å². The van der Waals surface area contributed by atoms with Crippen molar-refractivity contribution in [3.63, 3.8) is 0 Å². The van der Waals surface area contributed by atoms with Gasteiger partial charge >= 0.3 is 5.97 Å². The summed E-state index contributed by atoms with van der Waals surface area (Å²) in [7, 11) is 1.87. The number of nitrogens with one attached hydrogen (secondary N) is 1. The van der Waals surface area contributed by atoms with Gasteiger partial charge in [-0.05, 0) is 25.1 Å². The van der Waals surface area contributed by atoms with Crippen molar-refractivity contribution in [3.8, 4) is 0 Å². The summed E-state index contributed by atoms with van der Waals surface area (Å²) in [5, 5.41) is 10.9. The van der Waals surface area contributed by atoms with E-state index in [4.69, 9.17) is 10.5 Å². The third kappa shape index (κ3) is 3.05. The van der Waals surface area contributed by atoms with Gasteiger partial charge in [-0.15, -0.1) is 10.2 Å². The lowest BCUT2D eigenvalue weighted by Crippen LogP contribution is -2.10. The summed E-state index contributed by atoms with van der Waals surface area (Å²) >= 11 is 0. The lowest BCUT2D eigenvalue weighted by molar-refractivity contribution is 0.0527. The van der Waals surface area contributed by atoms with E-state index < -0.39 is 5.97 Å². The minimum absolute atomic E-state index is 0.314. The number of anilines is 2. The molecule has 0 spiro atoms. The molecule has 20 heavy (non-hydrogen) atoms. The molecule has 0 aliphatic carbocycles. The Morgan fingerprint density at radius 1 is 1.50 bits per heavy atom. The Hall–Kier alpha value is -2.57. The zero-order valence-corrected chi connectivity index (χ0v) is 11.5. The number of ether oxygens (including phenoxy) is 1. The number of nitrogen functional groups attached to an aromatic ring is 1. The Bertz CT molecular complexity index is 609. The van der Waals surface area contributed by atoms with Crippen LogP contribution in [0.4, 0.5) is 11.4 Å². The van der Waals surface area contributed by atoms with Crippen LogP contribution in [0.2, 0.25) is 0 Å². The highest BCUT2D eigenvalue weighted by Gasteiger charge is 2.11. The quantitative estimate of drug-likeness (QED) is 0.628. The Balaban J connectivity index is 2.11. The maximum absolute atomic E-state index is 11.7. The summed E-state index contributed by atoms with van der Waals surface area (Å²) in [6, 6.07) is 5.14. The average Bonchev–Trinajstić information content (AvgIpc) is 2.83. The molecule has 106 valence electrons. The Morgan fingerprint density at radius 3 is 2.95 bits per heavy atom. The molecule has 2 rings (SSSR count). The van der Waals surface area contributed by atoms with Crippen molar-refractivity contribution in [1.29, 1.82) is 0 Å². The number of hydrogen-bond donors (Lipinski definition) is 2. The van der Waals surface area contributed by atoms with Crippen LogP contribution >= 0.6 is 0 Å². The van der Waals surface area contributed by atoms with E-state index in [1.165, 1.54) is 0 Å². The fourth-order valence-electron chi connectivity index (χ4n) is 1.70. The van der Waals surface area contributed by atoms with Crippen LogP contribution in [0.5, 0.6) is 0 Å². The van der Waals surface area contributed by atoms with E-state index >= 15 is 0 Å². The van der Waals surface area contributed by atoms with Gasteiger partial charge < -0.3 is 20.4 Å². The minimum atomic E-state index is -0.424. The van der Waals surface area contributed by atoms with Gasteiger partial charge in [0.2, 0.25) is 0 Å². The van der Waals surface area contributed by atoms with Gasteiger partial charge in [0.15, 0.2) is 5.82 Å². The minimum Gasteiger partial charge on any atom is -0.462 e. The van der Waals surface area contributed by atoms with Crippen LogP contribution in [0.15, 0.2) is 24.5 Å². The second-order valence-electron chi connectivity index (χ2n) is 4.23. The van der Waals surface area contributed by atoms with Gasteiger partial charge in [0, 0.05) is 18.4 Å². The first-order valence-electron chi connectivity index (χ1n) is 6.25. The standard InChI is InChI=1S/C13H17N5O2/c1-3-20-13(19)10-6-9(4-5-11(10)14)15-7-12-17-16-8-18(12)2/h4-6,8,15H,3,7,14H2,1-2H3. The third-order valence-corrected chi connectivity index (χ3v) is 2.80. The molecular formula is C13H17N5O2. The number of carbonyl (C=O) groups is 1. The first-order valence-corrected chi connectivity index (χ1v) is 6.25. The van der Waals surface area contributed by atoms with Gasteiger partial charge in [-0.1, -0.05) is 0 Å². The highest BCUT2D eigenvalue weighted by atomic mass is 16.5. The smallest absolute Gasteiger partial charge is 0.340 e. The van der Waals surface area contributed by atoms with Crippen molar-refractivity contribution in [2.75, 3.05) is 17.7 Å². The van der Waals surface area contributed by atoms with Crippen LogP contribution < -0.4 is 11.1 Å². The summed E-state index contributed by atoms with van der Waals surface area (Å²) in [5.74, 6) is 0.367. The molecule has 7 nitrogen and oxygen atoms in total. The molecule has 1 aromatic heterocycles. The first-order chi connectivity index (χ1) is 9.61. The number of benzene rings is 1. The van der Waals surface area contributed by atoms with Crippen molar-refractivity contribution >= 4 is 17.3 Å². The van der Waals surface area contributed by atoms with Crippen molar-refractivity contribution in [3.05, 3.63) is 35.9 Å². The largest absolute Gasteiger partial charge is 0.462 e. The Labute approximate surface area is 116 Å². The number of aromatic nitrogens is 3. The summed E-state index contributed by atoms with van der Waals surface area (Å²) in [6.45, 7) is 2.57. The molecule has 0 unspecified atom stereocenters. The van der Waals surface area contributed by atoms with Gasteiger partial charge in [0.05, 0.1) is 18.7 Å². The molecule has 0 fully saturated rings. The number of carbonyl (C=O) groups excluding carboxylic acids is 1. The zero-order chi connectivity index (χ0) is 14.5. The number of esters is 1. The Morgan fingerprint density at radius 2 is 2.30 bits per heavy atom. The topological polar surface area (TPSA) is 95.1 Å². The van der Waals surface area contributed by atoms with Crippen molar-refractivity contribution in [2.24, 2.45) is 7.05 Å². The molecule has 2 aromatic rings. The van der Waals surface area contributed by atoms with Crippen LogP contribution in [0, 0.1) is 0 Å². The predicted octanol–water partition coefficient (Wildman–Crippen LogP) is 1.19. The maximum Gasteiger partial charge on any atom is 0.340 e. The van der Waals surface area contributed by atoms with Crippen LogP contribution in [-0.2, 0) is 18.3 Å². The van der Waals surface area contributed by atoms with E-state index in [9.17, 15) is 4.79 Å². The maximum atomic E-state index is 11.7. The summed E-state index contributed by atoms with van der Waals surface area (Å²) in [5.41, 5.74) is 7.30. The highest BCUT2D eigenvalue weighted by molar-refractivity contribution is 5.96. The van der Waals surface area contributed by atoms with Crippen LogP contribution in [0.1, 0.15) is 23.1 Å². The number of nitrogens with zero attached hydrogens (tertiary/aromatic N) is 3. The molecule has 0 aliphatic heterocycles. The average molecular weight is 275 g/mol. The molecular weight excluding hydrogens is 258 g/mol. The van der Waals surface area contributed by atoms with Crippen molar-refractivity contribution in [1.82, 2.24) is 14.8 Å². The van der Waals surface area contributed by atoms with Gasteiger partial charge in [0.25, 0.3) is 0 Å². The molecule has 0 amide bonds. The Kier molecular flexibility index (Phi) is 4.19. The third-order valence-electron chi connectivity index (χ3n) is 2.80. The van der Waals surface area contributed by atoms with Crippen LogP contribution in [0.3, 0.4) is 0 Å². The van der Waals surface area contributed by atoms with Crippen LogP contribution in [-0.4, -0.2) is 27.3 Å². The van der Waals surface area contributed by atoms with Crippen molar-refractivity contribution in [2.45, 2.75) is 13.5 Å². The number of hydrogen-bond acceptors (Lipinski definition) is 6. The zero-order valence-electron chi connectivity index (χ0n) is 11.5. The first kappa shape index (κ1) is 13.9. The van der Waals surface area contributed by atoms with E-state index in [0.717, 1.165) is 11.5 Å². The number of nitrogens with two attached hydrogens (primary N) is 1. The fourth-order valence-corrected chi connectivity index (χ4v) is 1.70. The molecule has 0 bridgehead atoms. The number of rotatable bonds is 5. The van der Waals surface area contributed by atoms with Gasteiger partial charge in [0.1, 0.15) is 6.33 Å². The molecule has 0 radical (unpaired) electrons. The van der Waals surface area contributed by atoms with Gasteiger partial charge in [-0.3, -0.25) is 0 Å². The van der Waals surface area contributed by atoms with E-state index in [1.54, 1.807) is 31.5 Å². The fraction of sp³-hybridized carbons (Fsp3) is 0.308. The lowest BCUT2D eigenvalue weighted by Gasteiger charge is -2.10. The second kappa shape index (κ2) is 6.05. The highest BCUT2D eigenvalue weighted by Crippen LogP contribution is 2.19. The lowest BCUT2D eigenvalue weighted by atomic mass is 10.1. The molecule has 3 N–H and O–H groups in total. The SMILES string of the molecule is CCOC(=O)c1cc(NCc2nncn2C)ccc1N. The summed E-state index contributed by atoms with van der Waals surface area (Å²) in [4.78, 5) is 11.7. The van der Waals surface area contributed by atoms with E-state index in [0.29, 0.717) is 24.4 Å². The summed E-state index contributed by atoms with van der Waals surface area (Å²) < 4.78 is 6.78. The molecule has 1 heterocycles. The second-order valence-corrected chi connectivity index (χ2v) is 4.23. The van der Waals surface area contributed by atoms with E-state index in [-0.39, 0.29) is 0 Å². The molecule has 1 aromatic carbocycles. The molecule has 0 saturated heterocycles. The van der Waals surface area contributed by atoms with Crippen molar-refractivity contribution < 1.29 is 9.53 Å². The normalized spacial score (nSPS) is 10.3. The van der Waals surface area contributed by atoms with E-state index in [1.807, 2.05) is 11.6 Å². The monoisotopic (exact) mass is 275 g/mol. The molecule has 0 saturated carbocycles. The molecule has 0 atom stereocenters. The molecule has 0 aliphatic rings. The summed E-state index contributed by atoms with van der Waals surface area (Å²) in [6.07, 6.45) is 1.63. The van der Waals surface area contributed by atoms with Gasteiger partial charge in [-0.25, -0.2) is 4.79 Å². The molecule has 7 heteroatoms. The predicted molar refractivity (Wildman–Crippen MR) is 75.1 cm³/mol. The number of aryl methyl sites for hydroxylation is 1. The van der Waals surface area contributed by atoms with Crippen LogP contribution in [0.25, 0.3) is 0 Å².